The second-order valence-electron chi connectivity index (χ2n) is 5.69. The Kier molecular flexibility index (Phi) is 5.24. The molecule has 112 valence electrons. The number of nitriles is 1. The van der Waals surface area contributed by atoms with Crippen molar-refractivity contribution in [3.63, 3.8) is 0 Å². The van der Waals surface area contributed by atoms with Crippen LogP contribution in [-0.4, -0.2) is 23.0 Å². The number of halogens is 1. The van der Waals surface area contributed by atoms with Crippen molar-refractivity contribution in [3.8, 4) is 6.07 Å². The number of amides is 1. The van der Waals surface area contributed by atoms with Gasteiger partial charge in [0, 0.05) is 12.2 Å². The monoisotopic (exact) mass is 306 g/mol. The number of hydrogen-bond acceptors (Lipinski definition) is 3. The van der Waals surface area contributed by atoms with Crippen LogP contribution in [-0.2, 0) is 11.2 Å². The van der Waals surface area contributed by atoms with Crippen LogP contribution >= 0.6 is 11.8 Å². The zero-order valence-corrected chi connectivity index (χ0v) is 12.9. The molecule has 5 heteroatoms. The second-order valence-corrected chi connectivity index (χ2v) is 6.79. The highest BCUT2D eigenvalue weighted by Gasteiger charge is 2.36. The summed E-state index contributed by atoms with van der Waals surface area (Å²) in [6, 6.07) is 8.69. The van der Waals surface area contributed by atoms with Crippen molar-refractivity contribution in [2.24, 2.45) is 5.92 Å². The Bertz CT molecular complexity index is 549. The van der Waals surface area contributed by atoms with Gasteiger partial charge < -0.3 is 5.32 Å². The molecule has 0 aliphatic carbocycles. The molecule has 1 aromatic rings. The summed E-state index contributed by atoms with van der Waals surface area (Å²) in [5, 5.41) is 12.1. The molecule has 21 heavy (non-hydrogen) atoms. The number of carbonyl (C=O) groups is 1. The van der Waals surface area contributed by atoms with Crippen LogP contribution in [0.1, 0.15) is 25.3 Å². The molecule has 0 radical (unpaired) electrons. The van der Waals surface area contributed by atoms with E-state index in [1.807, 2.05) is 13.0 Å². The molecule has 0 bridgehead atoms. The quantitative estimate of drug-likeness (QED) is 0.910. The molecule has 3 nitrogen and oxygen atoms in total. The Morgan fingerprint density at radius 1 is 1.62 bits per heavy atom. The molecular weight excluding hydrogens is 287 g/mol. The third-order valence-electron chi connectivity index (χ3n) is 3.62. The Morgan fingerprint density at radius 3 is 3.05 bits per heavy atom. The van der Waals surface area contributed by atoms with Gasteiger partial charge in [0.05, 0.1) is 6.07 Å². The summed E-state index contributed by atoms with van der Waals surface area (Å²) in [5.74, 6) is 1.33. The van der Waals surface area contributed by atoms with E-state index in [-0.39, 0.29) is 17.6 Å². The van der Waals surface area contributed by atoms with E-state index in [0.29, 0.717) is 25.0 Å². The maximum absolute atomic E-state index is 13.1. The van der Waals surface area contributed by atoms with E-state index in [1.54, 1.807) is 17.8 Å². The SMILES string of the molecule is C[C@H](CC(=O)N[C@@]1(C#N)CCSC1)Cc1cccc(F)c1. The van der Waals surface area contributed by atoms with Gasteiger partial charge in [-0.1, -0.05) is 19.1 Å². The lowest BCUT2D eigenvalue weighted by Gasteiger charge is -2.22. The lowest BCUT2D eigenvalue weighted by atomic mass is 9.96. The van der Waals surface area contributed by atoms with Crippen LogP contribution in [0.25, 0.3) is 0 Å². The van der Waals surface area contributed by atoms with Crippen molar-refractivity contribution < 1.29 is 9.18 Å². The summed E-state index contributed by atoms with van der Waals surface area (Å²) in [5.41, 5.74) is 0.196. The fourth-order valence-corrected chi connectivity index (χ4v) is 3.82. The molecule has 1 aliphatic heterocycles. The van der Waals surface area contributed by atoms with Gasteiger partial charge in [-0.2, -0.15) is 17.0 Å². The topological polar surface area (TPSA) is 52.9 Å². The summed E-state index contributed by atoms with van der Waals surface area (Å²) < 4.78 is 13.1. The summed E-state index contributed by atoms with van der Waals surface area (Å²) in [6.45, 7) is 1.97. The summed E-state index contributed by atoms with van der Waals surface area (Å²) in [6.07, 6.45) is 1.71. The standard InChI is InChI=1S/C16H19FN2OS/c1-12(7-13-3-2-4-14(17)9-13)8-15(20)19-16(10-18)5-6-21-11-16/h2-4,9,12H,5-8,11H2,1H3,(H,19,20)/t12-,16+/m0/s1. The molecule has 1 aromatic carbocycles. The molecule has 1 fully saturated rings. The summed E-state index contributed by atoms with van der Waals surface area (Å²) in [7, 11) is 0. The molecule has 0 unspecified atom stereocenters. The number of benzene rings is 1. The molecule has 1 saturated heterocycles. The highest BCUT2D eigenvalue weighted by atomic mass is 32.2. The normalized spacial score (nSPS) is 22.5. The van der Waals surface area contributed by atoms with Crippen LogP contribution in [0.3, 0.4) is 0 Å². The predicted octanol–water partition coefficient (Wildman–Crippen LogP) is 2.91. The van der Waals surface area contributed by atoms with Crippen LogP contribution in [0, 0.1) is 23.1 Å². The highest BCUT2D eigenvalue weighted by Crippen LogP contribution is 2.27. The maximum Gasteiger partial charge on any atom is 0.221 e. The number of hydrogen-bond donors (Lipinski definition) is 1. The van der Waals surface area contributed by atoms with Crippen LogP contribution in [0.15, 0.2) is 24.3 Å². The van der Waals surface area contributed by atoms with E-state index in [2.05, 4.69) is 11.4 Å². The second kappa shape index (κ2) is 6.95. The van der Waals surface area contributed by atoms with E-state index < -0.39 is 5.54 Å². The molecule has 1 aliphatic rings. The minimum absolute atomic E-state index is 0.0945. The molecule has 0 spiro atoms. The van der Waals surface area contributed by atoms with Gasteiger partial charge in [0.25, 0.3) is 0 Å². The Balaban J connectivity index is 1.86. The predicted molar refractivity (Wildman–Crippen MR) is 82.3 cm³/mol. The molecule has 1 heterocycles. The average Bonchev–Trinajstić information content (AvgIpc) is 2.87. The van der Waals surface area contributed by atoms with Gasteiger partial charge in [-0.25, -0.2) is 4.39 Å². The number of rotatable bonds is 5. The molecule has 2 atom stereocenters. The first kappa shape index (κ1) is 15.8. The van der Waals surface area contributed by atoms with Crippen LogP contribution < -0.4 is 5.32 Å². The average molecular weight is 306 g/mol. The van der Waals surface area contributed by atoms with Gasteiger partial charge >= 0.3 is 0 Å². The lowest BCUT2D eigenvalue weighted by molar-refractivity contribution is -0.123. The third kappa shape index (κ3) is 4.47. The van der Waals surface area contributed by atoms with E-state index in [1.165, 1.54) is 12.1 Å². The van der Waals surface area contributed by atoms with Gasteiger partial charge in [0.15, 0.2) is 0 Å². The number of thioether (sulfide) groups is 1. The largest absolute Gasteiger partial charge is 0.337 e. The zero-order chi connectivity index (χ0) is 15.3. The van der Waals surface area contributed by atoms with E-state index in [0.717, 1.165) is 11.3 Å². The van der Waals surface area contributed by atoms with Crippen molar-refractivity contribution in [2.45, 2.75) is 31.7 Å². The lowest BCUT2D eigenvalue weighted by Crippen LogP contribution is -2.47. The first-order valence-corrected chi connectivity index (χ1v) is 8.23. The molecule has 2 rings (SSSR count). The van der Waals surface area contributed by atoms with E-state index in [4.69, 9.17) is 0 Å². The van der Waals surface area contributed by atoms with Gasteiger partial charge in [0.1, 0.15) is 11.4 Å². The highest BCUT2D eigenvalue weighted by molar-refractivity contribution is 7.99. The minimum atomic E-state index is -0.694. The number of nitrogens with one attached hydrogen (secondary N) is 1. The Labute approximate surface area is 128 Å². The van der Waals surface area contributed by atoms with E-state index >= 15 is 0 Å². The van der Waals surface area contributed by atoms with Crippen molar-refractivity contribution >= 4 is 17.7 Å². The zero-order valence-electron chi connectivity index (χ0n) is 12.1. The molecule has 0 aromatic heterocycles. The fraction of sp³-hybridized carbons (Fsp3) is 0.500. The number of carbonyl (C=O) groups excluding carboxylic acids is 1. The first-order valence-electron chi connectivity index (χ1n) is 7.07. The number of nitrogens with zero attached hydrogens (tertiary/aromatic N) is 1. The molecule has 1 amide bonds. The summed E-state index contributed by atoms with van der Waals surface area (Å²) in [4.78, 5) is 12.1. The fourth-order valence-electron chi connectivity index (χ4n) is 2.55. The van der Waals surface area contributed by atoms with Gasteiger partial charge in [-0.05, 0) is 42.2 Å². The molecule has 1 N–H and O–H groups in total. The smallest absolute Gasteiger partial charge is 0.221 e. The summed E-state index contributed by atoms with van der Waals surface area (Å²) >= 11 is 1.69. The third-order valence-corrected chi connectivity index (χ3v) is 4.81. The van der Waals surface area contributed by atoms with Crippen LogP contribution in [0.4, 0.5) is 4.39 Å². The van der Waals surface area contributed by atoms with Crippen molar-refractivity contribution in [1.29, 1.82) is 5.26 Å². The first-order chi connectivity index (χ1) is 10.0. The van der Waals surface area contributed by atoms with Gasteiger partial charge in [-0.15, -0.1) is 0 Å². The van der Waals surface area contributed by atoms with Crippen molar-refractivity contribution in [1.82, 2.24) is 5.32 Å². The van der Waals surface area contributed by atoms with Crippen molar-refractivity contribution in [2.75, 3.05) is 11.5 Å². The Hall–Kier alpha value is -1.54. The molecule has 0 saturated carbocycles. The Morgan fingerprint density at radius 2 is 2.43 bits per heavy atom. The maximum atomic E-state index is 13.1. The van der Waals surface area contributed by atoms with Crippen LogP contribution in [0.2, 0.25) is 0 Å². The minimum Gasteiger partial charge on any atom is -0.337 e. The molecular formula is C16H19FN2OS. The van der Waals surface area contributed by atoms with Gasteiger partial charge in [0.2, 0.25) is 5.91 Å². The van der Waals surface area contributed by atoms with Crippen molar-refractivity contribution in [3.05, 3.63) is 35.6 Å². The van der Waals surface area contributed by atoms with E-state index in [9.17, 15) is 14.4 Å². The van der Waals surface area contributed by atoms with Gasteiger partial charge in [-0.3, -0.25) is 4.79 Å². The van der Waals surface area contributed by atoms with Crippen LogP contribution in [0.5, 0.6) is 0 Å².